The van der Waals surface area contributed by atoms with Crippen LogP contribution in [0.15, 0.2) is 72.9 Å². The molecule has 6 aliphatic heterocycles. The molecule has 0 aromatic heterocycles. The van der Waals surface area contributed by atoms with Crippen LogP contribution in [0.3, 0.4) is 0 Å². The molecule has 0 radical (unpaired) electrons. The fraction of sp³-hybridized carbons (Fsp3) is 0.200. The Kier molecular flexibility index (Phi) is 7.96. The molecular weight excluding hydrogens is 650 g/mol. The van der Waals surface area contributed by atoms with Crippen LogP contribution in [-0.4, -0.2) is 143 Å². The Morgan fingerprint density at radius 1 is 0.286 bits per heavy atom. The van der Waals surface area contributed by atoms with Gasteiger partial charge in [0, 0.05) is 92.5 Å². The van der Waals surface area contributed by atoms with Crippen LogP contribution in [0.25, 0.3) is 0 Å². The standard InChI is InChI=1S/C30H21N7O12/c38-19-1-2-20(39)32(19)16(33-21(40)3-4-22(33)41)13-31(14-17(34-23(42)5-6-24(34)43)35-25(44)7-8-26(35)45)15-18(36-27(46)9-10-28(36)47)37-29(48)11-12-30(37)49/h1-12,16-18H,13-15H2. The fourth-order valence-corrected chi connectivity index (χ4v) is 5.99. The third kappa shape index (κ3) is 5.52. The molecule has 0 aromatic carbocycles. The van der Waals surface area contributed by atoms with E-state index in [0.29, 0.717) is 29.4 Å². The molecule has 248 valence electrons. The van der Waals surface area contributed by atoms with Crippen molar-refractivity contribution < 1.29 is 57.5 Å². The molecule has 0 aromatic rings. The molecule has 19 nitrogen and oxygen atoms in total. The van der Waals surface area contributed by atoms with Gasteiger partial charge in [0.25, 0.3) is 70.9 Å². The lowest BCUT2D eigenvalue weighted by Gasteiger charge is -2.42. The monoisotopic (exact) mass is 671 g/mol. The number of amides is 12. The molecule has 6 aliphatic rings. The maximum atomic E-state index is 12.9. The molecule has 6 heterocycles. The normalized spacial score (nSPS) is 20.6. The summed E-state index contributed by atoms with van der Waals surface area (Å²) < 4.78 is 0. The van der Waals surface area contributed by atoms with E-state index in [-0.39, 0.29) is 0 Å². The van der Waals surface area contributed by atoms with Gasteiger partial charge >= 0.3 is 0 Å². The molecule has 0 aliphatic carbocycles. The van der Waals surface area contributed by atoms with Gasteiger partial charge in [-0.2, -0.15) is 0 Å². The number of imide groups is 6. The van der Waals surface area contributed by atoms with Gasteiger partial charge in [0.05, 0.1) is 0 Å². The van der Waals surface area contributed by atoms with Crippen LogP contribution in [0, 0.1) is 0 Å². The Bertz CT molecular complexity index is 1460. The minimum Gasteiger partial charge on any atom is -0.291 e. The van der Waals surface area contributed by atoms with Crippen molar-refractivity contribution in [2.24, 2.45) is 0 Å². The minimum absolute atomic E-state index is 0.544. The van der Waals surface area contributed by atoms with Crippen molar-refractivity contribution >= 4 is 70.9 Å². The van der Waals surface area contributed by atoms with Gasteiger partial charge in [-0.15, -0.1) is 0 Å². The van der Waals surface area contributed by atoms with Gasteiger partial charge in [0.2, 0.25) is 0 Å². The second-order valence-electron chi connectivity index (χ2n) is 10.9. The first-order valence-electron chi connectivity index (χ1n) is 14.3. The molecule has 0 spiro atoms. The summed E-state index contributed by atoms with van der Waals surface area (Å²) in [5.74, 6) is -11.5. The van der Waals surface area contributed by atoms with Gasteiger partial charge in [0.15, 0.2) is 0 Å². The largest absolute Gasteiger partial charge is 0.291 e. The van der Waals surface area contributed by atoms with Crippen molar-refractivity contribution in [1.82, 2.24) is 34.3 Å². The van der Waals surface area contributed by atoms with Crippen LogP contribution < -0.4 is 0 Å². The number of rotatable bonds is 12. The van der Waals surface area contributed by atoms with Crippen LogP contribution in [0.1, 0.15) is 0 Å². The fourth-order valence-electron chi connectivity index (χ4n) is 5.99. The molecule has 0 saturated heterocycles. The lowest BCUT2D eigenvalue weighted by molar-refractivity contribution is -0.153. The van der Waals surface area contributed by atoms with E-state index in [1.165, 1.54) is 0 Å². The molecule has 49 heavy (non-hydrogen) atoms. The predicted molar refractivity (Wildman–Crippen MR) is 154 cm³/mol. The van der Waals surface area contributed by atoms with Crippen molar-refractivity contribution in [2.75, 3.05) is 19.6 Å². The highest BCUT2D eigenvalue weighted by Crippen LogP contribution is 2.25. The molecule has 0 bridgehead atoms. The van der Waals surface area contributed by atoms with Gasteiger partial charge in [-0.05, 0) is 0 Å². The van der Waals surface area contributed by atoms with E-state index in [1.807, 2.05) is 0 Å². The molecule has 0 fully saturated rings. The highest BCUT2D eigenvalue weighted by atomic mass is 16.2. The van der Waals surface area contributed by atoms with Crippen molar-refractivity contribution in [3.63, 3.8) is 0 Å². The van der Waals surface area contributed by atoms with Gasteiger partial charge in [-0.3, -0.25) is 91.8 Å². The maximum absolute atomic E-state index is 12.9. The van der Waals surface area contributed by atoms with Gasteiger partial charge in [-0.25, -0.2) is 0 Å². The van der Waals surface area contributed by atoms with Crippen LogP contribution >= 0.6 is 0 Å². The summed E-state index contributed by atoms with van der Waals surface area (Å²) in [4.78, 5) is 159. The predicted octanol–water partition coefficient (Wildman–Crippen LogP) is -4.18. The first-order chi connectivity index (χ1) is 23.3. The zero-order valence-corrected chi connectivity index (χ0v) is 24.8. The zero-order chi connectivity index (χ0) is 35.3. The Hall–Kier alpha value is -6.76. The molecule has 0 atom stereocenters. The number of hydrogen-bond acceptors (Lipinski definition) is 13. The summed E-state index contributed by atoms with van der Waals surface area (Å²) in [5, 5.41) is 0. The Balaban J connectivity index is 1.46. The number of hydrogen-bond donors (Lipinski definition) is 0. The van der Waals surface area contributed by atoms with E-state index in [9.17, 15) is 57.5 Å². The highest BCUT2D eigenvalue weighted by Gasteiger charge is 2.48. The lowest BCUT2D eigenvalue weighted by Crippen LogP contribution is -2.65. The van der Waals surface area contributed by atoms with E-state index in [4.69, 9.17) is 0 Å². The summed E-state index contributed by atoms with van der Waals surface area (Å²) in [6.07, 6.45) is 5.02. The molecule has 0 N–H and O–H groups in total. The molecular formula is C30H21N7O12. The van der Waals surface area contributed by atoms with Crippen molar-refractivity contribution in [2.45, 2.75) is 18.5 Å². The van der Waals surface area contributed by atoms with Crippen LogP contribution in [0.4, 0.5) is 0 Å². The average molecular weight is 672 g/mol. The SMILES string of the molecule is O=C1C=CC(=O)N1C(CN(CC(N1C(=O)C=CC1=O)N1C(=O)C=CC1=O)CC(N1C(=O)C=CC1=O)N1C(=O)C=CC1=O)N1C(=O)C=CC1=O. The molecule has 6 rings (SSSR count). The van der Waals surface area contributed by atoms with E-state index in [2.05, 4.69) is 0 Å². The van der Waals surface area contributed by atoms with Crippen molar-refractivity contribution in [1.29, 1.82) is 0 Å². The first kappa shape index (κ1) is 32.2. The quantitative estimate of drug-likeness (QED) is 0.180. The van der Waals surface area contributed by atoms with E-state index in [1.54, 1.807) is 0 Å². The molecule has 0 saturated carbocycles. The molecule has 12 amide bonds. The minimum atomic E-state index is -1.79. The topological polar surface area (TPSA) is 228 Å². The third-order valence-electron chi connectivity index (χ3n) is 8.11. The van der Waals surface area contributed by atoms with Gasteiger partial charge in [-0.1, -0.05) is 0 Å². The zero-order valence-electron chi connectivity index (χ0n) is 24.8. The van der Waals surface area contributed by atoms with Gasteiger partial charge in [0.1, 0.15) is 18.5 Å². The second kappa shape index (κ2) is 12.1. The molecule has 0 unspecified atom stereocenters. The third-order valence-corrected chi connectivity index (χ3v) is 8.11. The summed E-state index contributed by atoms with van der Waals surface area (Å²) in [6, 6.07) is 0. The van der Waals surface area contributed by atoms with E-state index < -0.39 is 109 Å². The van der Waals surface area contributed by atoms with E-state index >= 15 is 0 Å². The van der Waals surface area contributed by atoms with Crippen molar-refractivity contribution in [3.8, 4) is 0 Å². The highest BCUT2D eigenvalue weighted by molar-refractivity contribution is 6.18. The maximum Gasteiger partial charge on any atom is 0.255 e. The number of nitrogens with zero attached hydrogens (tertiary/aromatic N) is 7. The summed E-state index contributed by atoms with van der Waals surface area (Å²) >= 11 is 0. The van der Waals surface area contributed by atoms with E-state index in [0.717, 1.165) is 77.8 Å². The van der Waals surface area contributed by atoms with Crippen molar-refractivity contribution in [3.05, 3.63) is 72.9 Å². The smallest absolute Gasteiger partial charge is 0.255 e. The Labute approximate surface area is 273 Å². The van der Waals surface area contributed by atoms with Crippen LogP contribution in [-0.2, 0) is 57.5 Å². The number of carbonyl (C=O) groups excluding carboxylic acids is 12. The van der Waals surface area contributed by atoms with Crippen LogP contribution in [0.5, 0.6) is 0 Å². The first-order valence-corrected chi connectivity index (χ1v) is 14.3. The summed E-state index contributed by atoms with van der Waals surface area (Å²) in [5.41, 5.74) is 0. The lowest BCUT2D eigenvalue weighted by atomic mass is 10.2. The summed E-state index contributed by atoms with van der Waals surface area (Å²) in [6.45, 7) is -2.32. The Morgan fingerprint density at radius 2 is 0.408 bits per heavy atom. The number of carbonyl (C=O) groups is 12. The second-order valence-corrected chi connectivity index (χ2v) is 10.9. The molecule has 19 heteroatoms. The van der Waals surface area contributed by atoms with Crippen LogP contribution in [0.2, 0.25) is 0 Å². The summed E-state index contributed by atoms with van der Waals surface area (Å²) in [7, 11) is 0. The average Bonchev–Trinajstić information content (AvgIpc) is 3.88. The van der Waals surface area contributed by atoms with Gasteiger partial charge < -0.3 is 0 Å². The Morgan fingerprint density at radius 3 is 0.531 bits per heavy atom.